The highest BCUT2D eigenvalue weighted by Crippen LogP contribution is 2.38. The highest BCUT2D eigenvalue weighted by Gasteiger charge is 2.38. The zero-order chi connectivity index (χ0) is 27.4. The number of carbonyl (C=O) groups is 2. The molecule has 0 spiro atoms. The monoisotopic (exact) mass is 538 g/mol. The van der Waals surface area contributed by atoms with E-state index in [1.165, 1.54) is 11.1 Å². The molecule has 10 heteroatoms. The second kappa shape index (κ2) is 12.1. The molecule has 0 N–H and O–H groups in total. The van der Waals surface area contributed by atoms with Crippen molar-refractivity contribution in [2.75, 3.05) is 60.2 Å². The van der Waals surface area contributed by atoms with E-state index in [1.54, 1.807) is 43.4 Å². The van der Waals surface area contributed by atoms with Crippen molar-refractivity contribution in [1.82, 2.24) is 14.8 Å². The van der Waals surface area contributed by atoms with E-state index in [1.807, 2.05) is 12.1 Å². The van der Waals surface area contributed by atoms with Crippen molar-refractivity contribution in [1.29, 1.82) is 0 Å². The zero-order valence-electron chi connectivity index (χ0n) is 22.5. The number of morpholine rings is 1. The first-order valence-electron chi connectivity index (χ1n) is 13.4. The van der Waals surface area contributed by atoms with Crippen molar-refractivity contribution >= 4 is 17.5 Å². The lowest BCUT2D eigenvalue weighted by Crippen LogP contribution is -2.47. The molecule has 9 nitrogen and oxygen atoms in total. The maximum absolute atomic E-state index is 14.7. The molecule has 2 aromatic carbocycles. The quantitative estimate of drug-likeness (QED) is 0.462. The Morgan fingerprint density at radius 2 is 1.82 bits per heavy atom. The maximum atomic E-state index is 14.7. The van der Waals surface area contributed by atoms with Gasteiger partial charge < -0.3 is 19.1 Å². The normalized spacial score (nSPS) is 19.5. The third-order valence-corrected chi connectivity index (χ3v) is 7.50. The van der Waals surface area contributed by atoms with Gasteiger partial charge in [-0.2, -0.15) is 5.10 Å². The predicted molar refractivity (Wildman–Crippen MR) is 143 cm³/mol. The molecule has 3 aliphatic rings. The van der Waals surface area contributed by atoms with E-state index in [-0.39, 0.29) is 24.3 Å². The van der Waals surface area contributed by atoms with Gasteiger partial charge in [0.2, 0.25) is 5.91 Å². The molecule has 1 saturated carbocycles. The molecule has 2 heterocycles. The topological polar surface area (TPSA) is 83.9 Å². The maximum Gasteiger partial charge on any atom is 0.262 e. The Hall–Kier alpha value is -3.50. The molecular formula is C29H35FN4O5. The Morgan fingerprint density at radius 3 is 2.51 bits per heavy atom. The number of carbonyl (C=O) groups excluding carboxylic acids is 2. The number of methoxy groups -OCH3 is 2. The molecule has 0 aromatic heterocycles. The van der Waals surface area contributed by atoms with E-state index in [0.29, 0.717) is 55.5 Å². The van der Waals surface area contributed by atoms with Gasteiger partial charge in [0.1, 0.15) is 12.4 Å². The van der Waals surface area contributed by atoms with Crippen LogP contribution in [0.1, 0.15) is 36.4 Å². The second-order valence-electron chi connectivity index (χ2n) is 10.1. The molecule has 2 amide bonds. The van der Waals surface area contributed by atoms with Gasteiger partial charge in [0.25, 0.3) is 5.91 Å². The van der Waals surface area contributed by atoms with Gasteiger partial charge in [-0.15, -0.1) is 0 Å². The number of amides is 2. The van der Waals surface area contributed by atoms with Crippen LogP contribution in [0.3, 0.4) is 0 Å². The van der Waals surface area contributed by atoms with Crippen molar-refractivity contribution in [2.45, 2.75) is 25.3 Å². The molecule has 2 aromatic rings. The summed E-state index contributed by atoms with van der Waals surface area (Å²) in [4.78, 5) is 30.9. The van der Waals surface area contributed by atoms with Crippen molar-refractivity contribution in [3.05, 3.63) is 59.4 Å². The fourth-order valence-electron chi connectivity index (χ4n) is 5.10. The number of rotatable bonds is 10. The van der Waals surface area contributed by atoms with Crippen LogP contribution in [0.5, 0.6) is 11.5 Å². The SMILES string of the molecule is COc1ccc(C2CC(c3ccccc3F)=NN2C(=O)CN(CCN2CCOCC2)C(=O)C2CC2)cc1OC. The first-order valence-corrected chi connectivity index (χ1v) is 13.4. The minimum Gasteiger partial charge on any atom is -0.493 e. The van der Waals surface area contributed by atoms with Crippen molar-refractivity contribution in [2.24, 2.45) is 11.0 Å². The summed E-state index contributed by atoms with van der Waals surface area (Å²) in [6.07, 6.45) is 2.04. The van der Waals surface area contributed by atoms with Crippen LogP contribution in [0, 0.1) is 11.7 Å². The van der Waals surface area contributed by atoms with Crippen LogP contribution in [0.2, 0.25) is 0 Å². The van der Waals surface area contributed by atoms with Gasteiger partial charge in [-0.25, -0.2) is 9.40 Å². The van der Waals surface area contributed by atoms with E-state index in [4.69, 9.17) is 14.2 Å². The minimum atomic E-state index is -0.482. The molecule has 5 rings (SSSR count). The number of hydrogen-bond acceptors (Lipinski definition) is 7. The van der Waals surface area contributed by atoms with Crippen LogP contribution >= 0.6 is 0 Å². The average molecular weight is 539 g/mol. The molecule has 1 saturated heterocycles. The van der Waals surface area contributed by atoms with Crippen molar-refractivity contribution in [3.63, 3.8) is 0 Å². The Kier molecular flexibility index (Phi) is 8.42. The largest absolute Gasteiger partial charge is 0.493 e. The van der Waals surface area contributed by atoms with Crippen molar-refractivity contribution < 1.29 is 28.2 Å². The van der Waals surface area contributed by atoms with Crippen LogP contribution in [-0.4, -0.2) is 92.5 Å². The Balaban J connectivity index is 1.40. The van der Waals surface area contributed by atoms with Gasteiger partial charge in [0, 0.05) is 44.1 Å². The molecule has 1 atom stereocenters. The summed E-state index contributed by atoms with van der Waals surface area (Å²) in [5.74, 6) is 0.385. The van der Waals surface area contributed by atoms with E-state index < -0.39 is 11.9 Å². The van der Waals surface area contributed by atoms with E-state index in [0.717, 1.165) is 31.5 Å². The van der Waals surface area contributed by atoms with E-state index in [2.05, 4.69) is 10.0 Å². The second-order valence-corrected chi connectivity index (χ2v) is 10.1. The van der Waals surface area contributed by atoms with Gasteiger partial charge in [-0.3, -0.25) is 14.5 Å². The van der Waals surface area contributed by atoms with Gasteiger partial charge in [0.05, 0.1) is 39.2 Å². The first kappa shape index (κ1) is 27.1. The van der Waals surface area contributed by atoms with Crippen LogP contribution < -0.4 is 9.47 Å². The van der Waals surface area contributed by atoms with Crippen molar-refractivity contribution in [3.8, 4) is 11.5 Å². The summed E-state index contributed by atoms with van der Waals surface area (Å²) in [6.45, 7) is 4.01. The van der Waals surface area contributed by atoms with Crippen LogP contribution in [-0.2, 0) is 14.3 Å². The van der Waals surface area contributed by atoms with Gasteiger partial charge in [-0.05, 0) is 36.6 Å². The number of benzene rings is 2. The first-order chi connectivity index (χ1) is 19.0. The van der Waals surface area contributed by atoms with E-state index in [9.17, 15) is 14.0 Å². The summed E-state index contributed by atoms with van der Waals surface area (Å²) in [5.41, 5.74) is 1.62. The molecule has 2 aliphatic heterocycles. The Labute approximate surface area is 228 Å². The summed E-state index contributed by atoms with van der Waals surface area (Å²) in [6, 6.07) is 11.4. The molecule has 2 fully saturated rings. The number of nitrogens with zero attached hydrogens (tertiary/aromatic N) is 4. The number of hydrogen-bond donors (Lipinski definition) is 0. The highest BCUT2D eigenvalue weighted by atomic mass is 19.1. The molecule has 0 bridgehead atoms. The zero-order valence-corrected chi connectivity index (χ0v) is 22.5. The molecule has 1 aliphatic carbocycles. The minimum absolute atomic E-state index is 0.0109. The third kappa shape index (κ3) is 6.23. The molecule has 0 radical (unpaired) electrons. The third-order valence-electron chi connectivity index (χ3n) is 7.50. The fraction of sp³-hybridized carbons (Fsp3) is 0.483. The lowest BCUT2D eigenvalue weighted by atomic mass is 9.97. The van der Waals surface area contributed by atoms with E-state index >= 15 is 0 Å². The molecule has 39 heavy (non-hydrogen) atoms. The summed E-state index contributed by atoms with van der Waals surface area (Å²) >= 11 is 0. The number of halogens is 1. The summed E-state index contributed by atoms with van der Waals surface area (Å²) in [5, 5.41) is 6.03. The highest BCUT2D eigenvalue weighted by molar-refractivity contribution is 6.03. The fourth-order valence-corrected chi connectivity index (χ4v) is 5.10. The number of hydrazone groups is 1. The summed E-state index contributed by atoms with van der Waals surface area (Å²) < 4.78 is 31.0. The Bertz CT molecular complexity index is 1230. The molecular weight excluding hydrogens is 503 g/mol. The Morgan fingerprint density at radius 1 is 1.08 bits per heavy atom. The van der Waals surface area contributed by atoms with Crippen LogP contribution in [0.25, 0.3) is 0 Å². The van der Waals surface area contributed by atoms with Gasteiger partial charge in [-0.1, -0.05) is 24.3 Å². The van der Waals surface area contributed by atoms with Crippen LogP contribution in [0.15, 0.2) is 47.6 Å². The molecule has 208 valence electrons. The standard InChI is InChI=1S/C29H35FN4O5/c1-37-26-10-9-21(17-27(26)38-2)25-18-24(22-5-3-4-6-23(22)30)31-34(25)28(35)19-33(29(36)20-7-8-20)12-11-32-13-15-39-16-14-32/h3-6,9-10,17,20,25H,7-8,11-16,18-19H2,1-2H3. The van der Waals surface area contributed by atoms with Gasteiger partial charge >= 0.3 is 0 Å². The summed E-state index contributed by atoms with van der Waals surface area (Å²) in [7, 11) is 3.11. The predicted octanol–water partition coefficient (Wildman–Crippen LogP) is 3.09. The lowest BCUT2D eigenvalue weighted by molar-refractivity contribution is -0.142. The van der Waals surface area contributed by atoms with Crippen LogP contribution in [0.4, 0.5) is 4.39 Å². The number of ether oxygens (including phenoxy) is 3. The average Bonchev–Trinajstić information content (AvgIpc) is 3.73. The smallest absolute Gasteiger partial charge is 0.262 e. The lowest BCUT2D eigenvalue weighted by Gasteiger charge is -2.31. The molecule has 1 unspecified atom stereocenters. The van der Waals surface area contributed by atoms with Gasteiger partial charge in [0.15, 0.2) is 11.5 Å².